The molecule has 1 aromatic rings. The third-order valence-corrected chi connectivity index (χ3v) is 2.32. The molecule has 5 heteroatoms. The molecule has 1 rings (SSSR count). The van der Waals surface area contributed by atoms with Crippen LogP contribution >= 0.6 is 15.9 Å². The summed E-state index contributed by atoms with van der Waals surface area (Å²) in [7, 11) is 1.23. The topological polar surface area (TPSA) is 46.5 Å². The van der Waals surface area contributed by atoms with Crippen LogP contribution in [-0.2, 0) is 9.53 Å². The molecular weight excluding hydrogens is 267 g/mol. The van der Waals surface area contributed by atoms with E-state index in [4.69, 9.17) is 0 Å². The molecule has 0 saturated carbocycles. The number of esters is 1. The molecule has 0 aliphatic carbocycles. The summed E-state index contributed by atoms with van der Waals surface area (Å²) in [4.78, 5) is 10.9. The van der Waals surface area contributed by atoms with Crippen LogP contribution in [0.4, 0.5) is 4.39 Å². The van der Waals surface area contributed by atoms with Gasteiger partial charge < -0.3 is 9.84 Å². The van der Waals surface area contributed by atoms with Crippen molar-refractivity contribution in [3.05, 3.63) is 34.1 Å². The predicted molar refractivity (Wildman–Crippen MR) is 55.7 cm³/mol. The molecule has 0 bridgehead atoms. The highest BCUT2D eigenvalue weighted by Crippen LogP contribution is 2.22. The van der Waals surface area contributed by atoms with E-state index in [1.165, 1.54) is 19.2 Å². The van der Waals surface area contributed by atoms with Crippen molar-refractivity contribution in [1.82, 2.24) is 0 Å². The SMILES string of the molecule is COC(=O)C[C@H](O)c1cc(F)cc(Br)c1. The van der Waals surface area contributed by atoms with E-state index in [-0.39, 0.29) is 6.42 Å². The van der Waals surface area contributed by atoms with Crippen LogP contribution < -0.4 is 0 Å². The first-order valence-electron chi connectivity index (χ1n) is 4.24. The number of ether oxygens (including phenoxy) is 1. The van der Waals surface area contributed by atoms with E-state index in [9.17, 15) is 14.3 Å². The quantitative estimate of drug-likeness (QED) is 0.861. The monoisotopic (exact) mass is 276 g/mol. The van der Waals surface area contributed by atoms with Gasteiger partial charge in [0, 0.05) is 4.47 Å². The van der Waals surface area contributed by atoms with Gasteiger partial charge in [-0.1, -0.05) is 15.9 Å². The Morgan fingerprint density at radius 2 is 2.27 bits per heavy atom. The van der Waals surface area contributed by atoms with Gasteiger partial charge in [-0.2, -0.15) is 0 Å². The molecule has 0 aromatic heterocycles. The van der Waals surface area contributed by atoms with Gasteiger partial charge in [-0.05, 0) is 23.8 Å². The van der Waals surface area contributed by atoms with Crippen molar-refractivity contribution in [2.75, 3.05) is 7.11 Å². The van der Waals surface area contributed by atoms with Crippen LogP contribution in [0.25, 0.3) is 0 Å². The maximum Gasteiger partial charge on any atom is 0.308 e. The van der Waals surface area contributed by atoms with Crippen molar-refractivity contribution in [1.29, 1.82) is 0 Å². The van der Waals surface area contributed by atoms with Crippen LogP contribution in [0.1, 0.15) is 18.1 Å². The lowest BCUT2D eigenvalue weighted by Crippen LogP contribution is -2.08. The summed E-state index contributed by atoms with van der Waals surface area (Å²) < 4.78 is 17.9. The number of rotatable bonds is 3. The molecule has 3 nitrogen and oxygen atoms in total. The molecular formula is C10H10BrFO3. The average molecular weight is 277 g/mol. The minimum absolute atomic E-state index is 0.188. The summed E-state index contributed by atoms with van der Waals surface area (Å²) in [6.45, 7) is 0. The van der Waals surface area contributed by atoms with Gasteiger partial charge in [-0.3, -0.25) is 4.79 Å². The van der Waals surface area contributed by atoms with Crippen molar-refractivity contribution in [2.24, 2.45) is 0 Å². The fraction of sp³-hybridized carbons (Fsp3) is 0.300. The fourth-order valence-electron chi connectivity index (χ4n) is 1.13. The Balaban J connectivity index is 2.81. The van der Waals surface area contributed by atoms with Gasteiger partial charge in [-0.15, -0.1) is 0 Å². The Morgan fingerprint density at radius 3 is 2.80 bits per heavy atom. The molecule has 0 aliphatic heterocycles. The molecule has 0 saturated heterocycles. The van der Waals surface area contributed by atoms with Crippen LogP contribution in [-0.4, -0.2) is 18.2 Å². The second kappa shape index (κ2) is 5.23. The maximum absolute atomic E-state index is 13.0. The number of carbonyl (C=O) groups is 1. The smallest absolute Gasteiger partial charge is 0.308 e. The van der Waals surface area contributed by atoms with Crippen molar-refractivity contribution in [2.45, 2.75) is 12.5 Å². The molecule has 1 aromatic carbocycles. The number of methoxy groups -OCH3 is 1. The largest absolute Gasteiger partial charge is 0.469 e. The lowest BCUT2D eigenvalue weighted by molar-refractivity contribution is -0.142. The van der Waals surface area contributed by atoms with E-state index >= 15 is 0 Å². The highest BCUT2D eigenvalue weighted by molar-refractivity contribution is 9.10. The Kier molecular flexibility index (Phi) is 4.23. The predicted octanol–water partition coefficient (Wildman–Crippen LogP) is 2.18. The third kappa shape index (κ3) is 3.60. The van der Waals surface area contributed by atoms with E-state index in [1.54, 1.807) is 6.07 Å². The van der Waals surface area contributed by atoms with Crippen molar-refractivity contribution in [3.63, 3.8) is 0 Å². The maximum atomic E-state index is 13.0. The molecule has 0 radical (unpaired) electrons. The van der Waals surface area contributed by atoms with Crippen LogP contribution in [0, 0.1) is 5.82 Å². The van der Waals surface area contributed by atoms with Gasteiger partial charge in [0.05, 0.1) is 19.6 Å². The molecule has 82 valence electrons. The third-order valence-electron chi connectivity index (χ3n) is 1.86. The van der Waals surface area contributed by atoms with Gasteiger partial charge in [0.15, 0.2) is 0 Å². The molecule has 15 heavy (non-hydrogen) atoms. The normalized spacial score (nSPS) is 12.3. The zero-order valence-corrected chi connectivity index (χ0v) is 9.62. The number of hydrogen-bond acceptors (Lipinski definition) is 3. The second-order valence-corrected chi connectivity index (χ2v) is 3.91. The van der Waals surface area contributed by atoms with Crippen molar-refractivity contribution >= 4 is 21.9 Å². The zero-order valence-electron chi connectivity index (χ0n) is 8.04. The van der Waals surface area contributed by atoms with Crippen molar-refractivity contribution in [3.8, 4) is 0 Å². The van der Waals surface area contributed by atoms with Gasteiger partial charge in [0.2, 0.25) is 0 Å². The number of halogens is 2. The van der Waals surface area contributed by atoms with Crippen LogP contribution in [0.5, 0.6) is 0 Å². The van der Waals surface area contributed by atoms with E-state index < -0.39 is 17.9 Å². The number of carbonyl (C=O) groups excluding carboxylic acids is 1. The first kappa shape index (κ1) is 12.1. The Labute approximate surface area is 95.0 Å². The highest BCUT2D eigenvalue weighted by atomic mass is 79.9. The first-order chi connectivity index (χ1) is 7.02. The summed E-state index contributed by atoms with van der Waals surface area (Å²) in [6, 6.07) is 4.00. The zero-order chi connectivity index (χ0) is 11.4. The van der Waals surface area contributed by atoms with E-state index in [0.29, 0.717) is 10.0 Å². The average Bonchev–Trinajstić information content (AvgIpc) is 2.16. The summed E-state index contributed by atoms with van der Waals surface area (Å²) in [5.74, 6) is -1.01. The Hall–Kier alpha value is -0.940. The number of benzene rings is 1. The number of hydrogen-bond donors (Lipinski definition) is 1. The molecule has 0 spiro atoms. The van der Waals surface area contributed by atoms with Gasteiger partial charge in [0.25, 0.3) is 0 Å². The van der Waals surface area contributed by atoms with Crippen LogP contribution in [0.15, 0.2) is 22.7 Å². The van der Waals surface area contributed by atoms with Gasteiger partial charge >= 0.3 is 5.97 Å². The molecule has 1 N–H and O–H groups in total. The molecule has 0 heterocycles. The van der Waals surface area contributed by atoms with Gasteiger partial charge in [0.1, 0.15) is 5.82 Å². The lowest BCUT2D eigenvalue weighted by Gasteiger charge is -2.09. The molecule has 0 amide bonds. The molecule has 0 unspecified atom stereocenters. The van der Waals surface area contributed by atoms with Crippen molar-refractivity contribution < 1.29 is 19.0 Å². The summed E-state index contributed by atoms with van der Waals surface area (Å²) in [5.41, 5.74) is 0.340. The Bertz CT molecular complexity index is 347. The Morgan fingerprint density at radius 1 is 1.60 bits per heavy atom. The standard InChI is InChI=1S/C10H10BrFO3/c1-15-10(14)5-9(13)6-2-7(11)4-8(12)3-6/h2-4,9,13H,5H2,1H3/t9-/m0/s1. The fourth-order valence-corrected chi connectivity index (χ4v) is 1.61. The summed E-state index contributed by atoms with van der Waals surface area (Å²) >= 11 is 3.10. The number of aliphatic hydroxyl groups excluding tert-OH is 1. The minimum atomic E-state index is -1.05. The van der Waals surface area contributed by atoms with Crippen LogP contribution in [0.2, 0.25) is 0 Å². The van der Waals surface area contributed by atoms with Gasteiger partial charge in [-0.25, -0.2) is 4.39 Å². The lowest BCUT2D eigenvalue weighted by atomic mass is 10.1. The molecule has 0 fully saturated rings. The first-order valence-corrected chi connectivity index (χ1v) is 5.03. The summed E-state index contributed by atoms with van der Waals surface area (Å²) in [5, 5.41) is 9.58. The molecule has 1 atom stereocenters. The van der Waals surface area contributed by atoms with E-state index in [1.807, 2.05) is 0 Å². The second-order valence-electron chi connectivity index (χ2n) is 3.00. The highest BCUT2D eigenvalue weighted by Gasteiger charge is 2.14. The summed E-state index contributed by atoms with van der Waals surface area (Å²) in [6.07, 6.45) is -1.24. The minimum Gasteiger partial charge on any atom is -0.469 e. The molecule has 0 aliphatic rings. The van der Waals surface area contributed by atoms with E-state index in [2.05, 4.69) is 20.7 Å². The number of aliphatic hydroxyl groups is 1. The van der Waals surface area contributed by atoms with E-state index in [0.717, 1.165) is 0 Å². The van der Waals surface area contributed by atoms with Crippen LogP contribution in [0.3, 0.4) is 0 Å².